The largest absolute Gasteiger partial charge is 0.327 e. The van der Waals surface area contributed by atoms with Gasteiger partial charge in [0.15, 0.2) is 0 Å². The van der Waals surface area contributed by atoms with Crippen LogP contribution in [0.5, 0.6) is 0 Å². The first-order valence-electron chi connectivity index (χ1n) is 4.22. The summed E-state index contributed by atoms with van der Waals surface area (Å²) in [6.45, 7) is 0.621. The van der Waals surface area contributed by atoms with Gasteiger partial charge in [-0.3, -0.25) is 0 Å². The van der Waals surface area contributed by atoms with Gasteiger partial charge in [-0.15, -0.1) is 12.4 Å². The van der Waals surface area contributed by atoms with Gasteiger partial charge in [0.05, 0.1) is 5.75 Å². The summed E-state index contributed by atoms with van der Waals surface area (Å²) in [6.07, 6.45) is 4.93. The third-order valence-electron chi connectivity index (χ3n) is 2.28. The van der Waals surface area contributed by atoms with Crippen molar-refractivity contribution in [2.24, 2.45) is 11.7 Å². The van der Waals surface area contributed by atoms with Gasteiger partial charge in [0, 0.05) is 6.54 Å². The number of hydrogen-bond acceptors (Lipinski definition) is 3. The van der Waals surface area contributed by atoms with Gasteiger partial charge in [0.25, 0.3) is 0 Å². The molecule has 78 valence electrons. The molecular formula is C8H16ClNO2S. The predicted molar refractivity (Wildman–Crippen MR) is 56.9 cm³/mol. The third-order valence-corrected chi connectivity index (χ3v) is 3.10. The van der Waals surface area contributed by atoms with E-state index in [1.54, 1.807) is 0 Å². The summed E-state index contributed by atoms with van der Waals surface area (Å²) in [4.78, 5) is 0. The van der Waals surface area contributed by atoms with Crippen LogP contribution >= 0.6 is 12.4 Å². The molecule has 1 rings (SSSR count). The zero-order chi connectivity index (χ0) is 8.97. The van der Waals surface area contributed by atoms with E-state index in [-0.39, 0.29) is 12.4 Å². The molecule has 1 aliphatic rings. The molecule has 0 fully saturated rings. The molecule has 0 aromatic rings. The molecule has 0 bridgehead atoms. The Balaban J connectivity index is 0.00000144. The monoisotopic (exact) mass is 225 g/mol. The highest BCUT2D eigenvalue weighted by Crippen LogP contribution is 2.22. The van der Waals surface area contributed by atoms with Crippen molar-refractivity contribution in [1.29, 1.82) is 0 Å². The number of hydrogen-bond donors (Lipinski definition) is 2. The Hall–Kier alpha value is -0.0600. The van der Waals surface area contributed by atoms with Crippen molar-refractivity contribution < 1.29 is 8.42 Å². The molecule has 3 nitrogen and oxygen atoms in total. The van der Waals surface area contributed by atoms with Crippen molar-refractivity contribution in [1.82, 2.24) is 0 Å². The molecule has 0 radical (unpaired) electrons. The van der Waals surface area contributed by atoms with Gasteiger partial charge >= 0.3 is 0 Å². The second-order valence-corrected chi connectivity index (χ2v) is 4.25. The van der Waals surface area contributed by atoms with E-state index in [1.165, 1.54) is 5.57 Å². The van der Waals surface area contributed by atoms with Crippen molar-refractivity contribution in [3.63, 3.8) is 0 Å². The normalized spacial score (nSPS) is 22.3. The highest BCUT2D eigenvalue weighted by Gasteiger charge is 2.13. The standard InChI is InChI=1S/C8H15NO2S.ClH/c9-5-7-1-3-8(4-2-7)6-12(10)11;/h1,8,12H,2-6,9H2;1H. The molecule has 0 saturated carbocycles. The lowest BCUT2D eigenvalue weighted by atomic mass is 9.91. The van der Waals surface area contributed by atoms with Crippen LogP contribution in [0.3, 0.4) is 0 Å². The van der Waals surface area contributed by atoms with E-state index in [4.69, 9.17) is 5.73 Å². The first-order chi connectivity index (χ1) is 5.72. The minimum atomic E-state index is -2.20. The van der Waals surface area contributed by atoms with Crippen LogP contribution in [0.15, 0.2) is 11.6 Å². The summed E-state index contributed by atoms with van der Waals surface area (Å²) < 4.78 is 20.8. The Labute approximate surface area is 86.7 Å². The molecule has 1 aliphatic carbocycles. The van der Waals surface area contributed by atoms with Gasteiger partial charge in [-0.2, -0.15) is 0 Å². The SMILES string of the molecule is Cl.NCC1=CCC(C[SH](=O)=O)CC1. The van der Waals surface area contributed by atoms with Gasteiger partial charge in [0.2, 0.25) is 0 Å². The fourth-order valence-corrected chi connectivity index (χ4v) is 2.26. The summed E-state index contributed by atoms with van der Waals surface area (Å²) in [5, 5.41) is 0. The fourth-order valence-electron chi connectivity index (χ4n) is 1.50. The summed E-state index contributed by atoms with van der Waals surface area (Å²) in [6, 6.07) is 0. The van der Waals surface area contributed by atoms with E-state index < -0.39 is 10.7 Å². The first kappa shape index (κ1) is 12.9. The molecule has 0 spiro atoms. The number of allylic oxidation sites excluding steroid dienone is 1. The van der Waals surface area contributed by atoms with Crippen molar-refractivity contribution in [2.45, 2.75) is 19.3 Å². The van der Waals surface area contributed by atoms with Gasteiger partial charge in [-0.05, 0) is 25.2 Å². The maximum atomic E-state index is 10.4. The molecule has 0 aromatic heterocycles. The average molecular weight is 226 g/mol. The van der Waals surface area contributed by atoms with Crippen LogP contribution in [0.4, 0.5) is 0 Å². The first-order valence-corrected chi connectivity index (χ1v) is 5.58. The van der Waals surface area contributed by atoms with E-state index in [0.29, 0.717) is 18.2 Å². The number of thiol groups is 1. The highest BCUT2D eigenvalue weighted by atomic mass is 35.5. The number of nitrogens with two attached hydrogens (primary N) is 1. The summed E-state index contributed by atoms with van der Waals surface area (Å²) >= 11 is 0. The lowest BCUT2D eigenvalue weighted by Crippen LogP contribution is -2.14. The molecule has 13 heavy (non-hydrogen) atoms. The van der Waals surface area contributed by atoms with Crippen molar-refractivity contribution in [3.8, 4) is 0 Å². The van der Waals surface area contributed by atoms with E-state index in [0.717, 1.165) is 19.3 Å². The fraction of sp³-hybridized carbons (Fsp3) is 0.750. The number of rotatable bonds is 3. The van der Waals surface area contributed by atoms with Crippen molar-refractivity contribution in [3.05, 3.63) is 11.6 Å². The summed E-state index contributed by atoms with van der Waals surface area (Å²) in [7, 11) is -2.20. The van der Waals surface area contributed by atoms with Gasteiger partial charge in [-0.25, -0.2) is 8.42 Å². The maximum absolute atomic E-state index is 10.4. The van der Waals surface area contributed by atoms with Crippen LogP contribution in [0.2, 0.25) is 0 Å². The molecule has 0 aliphatic heterocycles. The van der Waals surface area contributed by atoms with Crippen molar-refractivity contribution >= 4 is 23.1 Å². The summed E-state index contributed by atoms with van der Waals surface area (Å²) in [5.41, 5.74) is 6.73. The second kappa shape index (κ2) is 6.40. The number of halogens is 1. The van der Waals surface area contributed by atoms with Crippen LogP contribution in [-0.2, 0) is 10.7 Å². The van der Waals surface area contributed by atoms with Gasteiger partial charge in [-0.1, -0.05) is 11.6 Å². The van der Waals surface area contributed by atoms with Crippen LogP contribution in [0.25, 0.3) is 0 Å². The quantitative estimate of drug-likeness (QED) is 0.549. The highest BCUT2D eigenvalue weighted by molar-refractivity contribution is 7.72. The molecule has 0 amide bonds. The Morgan fingerprint density at radius 3 is 2.62 bits per heavy atom. The molecule has 1 atom stereocenters. The zero-order valence-corrected chi connectivity index (χ0v) is 9.15. The molecular weight excluding hydrogens is 210 g/mol. The molecule has 1 unspecified atom stereocenters. The van der Waals surface area contributed by atoms with E-state index in [1.807, 2.05) is 0 Å². The maximum Gasteiger partial charge on any atom is 0.140 e. The van der Waals surface area contributed by atoms with Crippen LogP contribution in [0.1, 0.15) is 19.3 Å². The van der Waals surface area contributed by atoms with Gasteiger partial charge < -0.3 is 5.73 Å². The van der Waals surface area contributed by atoms with Crippen LogP contribution in [0, 0.1) is 5.92 Å². The lowest BCUT2D eigenvalue weighted by molar-refractivity contribution is 0.505. The van der Waals surface area contributed by atoms with Crippen molar-refractivity contribution in [2.75, 3.05) is 12.3 Å². The molecule has 5 heteroatoms. The smallest absolute Gasteiger partial charge is 0.140 e. The zero-order valence-electron chi connectivity index (χ0n) is 7.44. The van der Waals surface area contributed by atoms with Crippen LogP contribution in [-0.4, -0.2) is 20.7 Å². The van der Waals surface area contributed by atoms with E-state index in [2.05, 4.69) is 6.08 Å². The Bertz CT molecular complexity index is 243. The molecule has 0 saturated heterocycles. The minimum Gasteiger partial charge on any atom is -0.327 e. The Kier molecular flexibility index (Phi) is 6.37. The van der Waals surface area contributed by atoms with Crippen LogP contribution < -0.4 is 5.73 Å². The molecule has 0 aromatic carbocycles. The third kappa shape index (κ3) is 4.64. The summed E-state index contributed by atoms with van der Waals surface area (Å²) in [5.74, 6) is 0.672. The molecule has 0 heterocycles. The minimum absolute atomic E-state index is 0. The van der Waals surface area contributed by atoms with E-state index in [9.17, 15) is 8.42 Å². The second-order valence-electron chi connectivity index (χ2n) is 3.22. The Morgan fingerprint density at radius 2 is 2.23 bits per heavy atom. The Morgan fingerprint density at radius 1 is 1.54 bits per heavy atom. The molecule has 2 N–H and O–H groups in total. The lowest BCUT2D eigenvalue weighted by Gasteiger charge is -2.18. The van der Waals surface area contributed by atoms with E-state index >= 15 is 0 Å². The average Bonchev–Trinajstić information content (AvgIpc) is 2.05. The van der Waals surface area contributed by atoms with Gasteiger partial charge in [0.1, 0.15) is 10.7 Å². The topological polar surface area (TPSA) is 60.2 Å². The predicted octanol–water partition coefficient (Wildman–Crippen LogP) is 0.705.